The minimum atomic E-state index is -1.72. The van der Waals surface area contributed by atoms with E-state index in [0.717, 1.165) is 13.8 Å². The first-order valence-corrected chi connectivity index (χ1v) is 20.4. The molecule has 2 unspecified atom stereocenters. The Kier molecular flexibility index (Phi) is 16.4. The lowest BCUT2D eigenvalue weighted by Gasteiger charge is -2.15. The van der Waals surface area contributed by atoms with Crippen LogP contribution in [0.4, 0.5) is 34.1 Å². The predicted octanol–water partition coefficient (Wildman–Crippen LogP) is 12.8. The summed E-state index contributed by atoms with van der Waals surface area (Å²) in [6.45, 7) is 2.20. The minimum absolute atomic E-state index is 0.000159. The lowest BCUT2D eigenvalue weighted by Crippen LogP contribution is -2.32. The second-order valence-electron chi connectivity index (χ2n) is 12.7. The van der Waals surface area contributed by atoms with E-state index < -0.39 is 47.3 Å². The van der Waals surface area contributed by atoms with E-state index in [1.54, 1.807) is 0 Å². The lowest BCUT2D eigenvalue weighted by atomic mass is 10.1. The number of carbonyl (C=O) groups excluding carboxylic acids is 6. The Morgan fingerprint density at radius 2 is 0.839 bits per heavy atom. The van der Waals surface area contributed by atoms with Gasteiger partial charge in [0.15, 0.2) is 11.6 Å². The van der Waals surface area contributed by atoms with Crippen molar-refractivity contribution in [3.05, 3.63) is 136 Å². The molecule has 0 fully saturated rings. The summed E-state index contributed by atoms with van der Waals surface area (Å²) in [6.07, 6.45) is 0. The third-order valence-electron chi connectivity index (χ3n) is 8.19. The average Bonchev–Trinajstić information content (AvgIpc) is 3.20. The van der Waals surface area contributed by atoms with Crippen LogP contribution in [0, 0.1) is 0 Å². The van der Waals surface area contributed by atoms with Gasteiger partial charge in [-0.1, -0.05) is 105 Å². The molecule has 22 heteroatoms. The molecule has 62 heavy (non-hydrogen) atoms. The molecule has 0 aliphatic rings. The van der Waals surface area contributed by atoms with Gasteiger partial charge in [-0.15, -0.1) is 0 Å². The summed E-state index contributed by atoms with van der Waals surface area (Å²) in [5, 5.41) is 26.2. The van der Waals surface area contributed by atoms with Crippen molar-refractivity contribution < 1.29 is 28.8 Å². The van der Waals surface area contributed by atoms with E-state index in [-0.39, 0.29) is 64.0 Å². The van der Waals surface area contributed by atoms with Gasteiger partial charge >= 0.3 is 0 Å². The molecule has 0 bridgehead atoms. The third-order valence-corrected chi connectivity index (χ3v) is 11.1. The molecule has 2 atom stereocenters. The van der Waals surface area contributed by atoms with Crippen LogP contribution >= 0.6 is 92.8 Å². The number of azo groups is 2. The molecule has 0 spiro atoms. The number of carbonyl (C=O) groups is 6. The fourth-order valence-electron chi connectivity index (χ4n) is 5.13. The molecule has 4 amide bonds. The molecule has 14 nitrogen and oxygen atoms in total. The van der Waals surface area contributed by atoms with Gasteiger partial charge in [0, 0.05) is 17.1 Å². The van der Waals surface area contributed by atoms with Crippen molar-refractivity contribution in [1.29, 1.82) is 0 Å². The van der Waals surface area contributed by atoms with Gasteiger partial charge < -0.3 is 21.3 Å². The van der Waals surface area contributed by atoms with E-state index in [0.29, 0.717) is 21.4 Å². The monoisotopic (exact) mass is 994 g/mol. The number of halogens is 8. The summed E-state index contributed by atoms with van der Waals surface area (Å²) in [4.78, 5) is 77.6. The highest BCUT2D eigenvalue weighted by Crippen LogP contribution is 2.36. The van der Waals surface area contributed by atoms with Gasteiger partial charge in [0.2, 0.25) is 12.1 Å². The molecule has 0 aromatic heterocycles. The first-order valence-electron chi connectivity index (χ1n) is 17.4. The Hall–Kier alpha value is -5.16. The van der Waals surface area contributed by atoms with E-state index in [1.165, 1.54) is 84.9 Å². The summed E-state index contributed by atoms with van der Waals surface area (Å²) >= 11 is 49.8. The number of hydrogen-bond donors (Lipinski definition) is 4. The SMILES string of the molecule is CC(=O)C(N=Nc1cccc(C(=O)Nc2ccc(Cl)c(Cl)c2)c1Cl)C(=O)Nc1cc(Cl)c(NC(=O)C(N=Nc2cccc(C(=O)Nc3ccc(Cl)c(Cl)c3)c2Cl)C(C)=O)c(Cl)c1. The van der Waals surface area contributed by atoms with Crippen molar-refractivity contribution in [2.24, 2.45) is 20.5 Å². The molecule has 5 rings (SSSR count). The van der Waals surface area contributed by atoms with Gasteiger partial charge in [-0.05, 0) is 86.6 Å². The van der Waals surface area contributed by atoms with E-state index in [9.17, 15) is 28.8 Å². The maximum Gasteiger partial charge on any atom is 0.258 e. The minimum Gasteiger partial charge on any atom is -0.324 e. The van der Waals surface area contributed by atoms with Crippen LogP contribution in [-0.2, 0) is 19.2 Å². The molecular formula is C40H26Cl8N8O6. The topological polar surface area (TPSA) is 200 Å². The molecule has 4 N–H and O–H groups in total. The Morgan fingerprint density at radius 3 is 1.23 bits per heavy atom. The zero-order chi connectivity index (χ0) is 45.4. The van der Waals surface area contributed by atoms with E-state index in [1.807, 2.05) is 0 Å². The second kappa shape index (κ2) is 21.3. The molecular weight excluding hydrogens is 972 g/mol. The van der Waals surface area contributed by atoms with E-state index >= 15 is 0 Å². The zero-order valence-corrected chi connectivity index (χ0v) is 37.5. The van der Waals surface area contributed by atoms with Crippen molar-refractivity contribution in [2.75, 3.05) is 21.3 Å². The normalized spacial score (nSPS) is 12.2. The predicted molar refractivity (Wildman–Crippen MR) is 243 cm³/mol. The molecule has 0 heterocycles. The Labute approximate surface area is 392 Å². The van der Waals surface area contributed by atoms with Gasteiger partial charge in [0.25, 0.3) is 23.6 Å². The summed E-state index contributed by atoms with van der Waals surface area (Å²) in [5.41, 5.74) is 0.462. The Bertz CT molecular complexity index is 2690. The summed E-state index contributed by atoms with van der Waals surface area (Å²) < 4.78 is 0. The number of amides is 4. The molecule has 0 saturated heterocycles. The third kappa shape index (κ3) is 12.1. The van der Waals surface area contributed by atoms with Crippen LogP contribution in [0.3, 0.4) is 0 Å². The summed E-state index contributed by atoms with van der Waals surface area (Å²) in [5.74, 6) is -4.60. The first-order chi connectivity index (χ1) is 29.3. The fraction of sp³-hybridized carbons (Fsp3) is 0.100. The van der Waals surface area contributed by atoms with Crippen molar-refractivity contribution in [1.82, 2.24) is 0 Å². The first kappa shape index (κ1) is 47.9. The molecule has 0 aliphatic heterocycles. The standard InChI is InChI=1S/C40H26Cl8N8O6/c1-17(57)34(55-53-30-7-3-5-22(32(30)47)37(59)49-19-9-11-24(41)26(43)13-19)39(61)51-21-15-28(45)36(29(46)16-21)52-40(62)35(18(2)58)56-54-31-8-4-6-23(33(31)48)38(60)50-20-10-12-25(42)27(44)14-20/h3-16,34-35H,1-2H3,(H,49,59)(H,50,60)(H,51,61)(H,52,62). The maximum absolute atomic E-state index is 13.3. The van der Waals surface area contributed by atoms with Crippen molar-refractivity contribution >= 4 is 162 Å². The van der Waals surface area contributed by atoms with Gasteiger partial charge in [0.1, 0.15) is 11.4 Å². The summed E-state index contributed by atoms with van der Waals surface area (Å²) in [6, 6.07) is 16.6. The number of nitrogens with zero attached hydrogens (tertiary/aromatic N) is 4. The van der Waals surface area contributed by atoms with Gasteiger partial charge in [-0.25, -0.2) is 0 Å². The second-order valence-corrected chi connectivity index (χ2v) is 15.9. The molecule has 0 radical (unpaired) electrons. The van der Waals surface area contributed by atoms with Gasteiger partial charge in [-0.3, -0.25) is 28.8 Å². The number of anilines is 4. The number of hydrogen-bond acceptors (Lipinski definition) is 10. The highest BCUT2D eigenvalue weighted by Gasteiger charge is 2.27. The maximum atomic E-state index is 13.3. The van der Waals surface area contributed by atoms with Crippen LogP contribution in [0.15, 0.2) is 105 Å². The van der Waals surface area contributed by atoms with Crippen LogP contribution in [0.5, 0.6) is 0 Å². The van der Waals surface area contributed by atoms with Crippen molar-refractivity contribution in [2.45, 2.75) is 25.9 Å². The lowest BCUT2D eigenvalue weighted by molar-refractivity contribution is -0.127. The molecule has 5 aromatic rings. The number of rotatable bonds is 14. The van der Waals surface area contributed by atoms with Crippen LogP contribution in [0.25, 0.3) is 0 Å². The molecule has 318 valence electrons. The van der Waals surface area contributed by atoms with Crippen molar-refractivity contribution in [3.8, 4) is 0 Å². The number of benzene rings is 5. The molecule has 5 aromatic carbocycles. The van der Waals surface area contributed by atoms with E-state index in [2.05, 4.69) is 41.7 Å². The number of ketones is 2. The van der Waals surface area contributed by atoms with Gasteiger partial charge in [-0.2, -0.15) is 20.5 Å². The molecule has 0 aliphatic carbocycles. The average molecular weight is 998 g/mol. The van der Waals surface area contributed by atoms with Crippen LogP contribution in [0.1, 0.15) is 34.6 Å². The quantitative estimate of drug-likeness (QED) is 0.0630. The zero-order valence-electron chi connectivity index (χ0n) is 31.5. The fourth-order valence-corrected chi connectivity index (χ4v) is 6.81. The Morgan fingerprint density at radius 1 is 0.452 bits per heavy atom. The number of Topliss-reactive ketones (excluding diaryl/α,β-unsaturated/α-hetero) is 2. The molecule has 0 saturated carbocycles. The van der Waals surface area contributed by atoms with Crippen LogP contribution in [0.2, 0.25) is 40.2 Å². The number of nitrogens with one attached hydrogen (secondary N) is 4. The van der Waals surface area contributed by atoms with Crippen LogP contribution in [-0.4, -0.2) is 47.3 Å². The smallest absolute Gasteiger partial charge is 0.258 e. The largest absolute Gasteiger partial charge is 0.324 e. The van der Waals surface area contributed by atoms with Crippen LogP contribution < -0.4 is 21.3 Å². The summed E-state index contributed by atoms with van der Waals surface area (Å²) in [7, 11) is 0. The Balaban J connectivity index is 1.26. The van der Waals surface area contributed by atoms with Crippen molar-refractivity contribution in [3.63, 3.8) is 0 Å². The highest BCUT2D eigenvalue weighted by atomic mass is 35.5. The highest BCUT2D eigenvalue weighted by molar-refractivity contribution is 6.43. The van der Waals surface area contributed by atoms with Gasteiger partial charge in [0.05, 0.1) is 57.0 Å². The van der Waals surface area contributed by atoms with E-state index in [4.69, 9.17) is 92.8 Å².